The van der Waals surface area contributed by atoms with E-state index in [-0.39, 0.29) is 30.0 Å². The van der Waals surface area contributed by atoms with Gasteiger partial charge in [0, 0.05) is 37.9 Å². The fourth-order valence-corrected chi connectivity index (χ4v) is 4.58. The number of benzene rings is 1. The second-order valence-electron chi connectivity index (χ2n) is 7.95. The Balaban J connectivity index is 1.48. The SMILES string of the molecule is O=C(c1ccco1)N1C[C@@H](c2cccnc2)[C@@]2(C1)OCCN(Cc1ccccc1)C2=O. The molecule has 0 saturated carbocycles. The maximum absolute atomic E-state index is 13.8. The summed E-state index contributed by atoms with van der Waals surface area (Å²) >= 11 is 0. The summed E-state index contributed by atoms with van der Waals surface area (Å²) in [6, 6.07) is 17.0. The lowest BCUT2D eigenvalue weighted by Crippen LogP contribution is -2.60. The second-order valence-corrected chi connectivity index (χ2v) is 7.95. The molecule has 2 aromatic heterocycles. The Hall–Kier alpha value is -3.45. The monoisotopic (exact) mass is 417 g/mol. The van der Waals surface area contributed by atoms with Gasteiger partial charge in [-0.1, -0.05) is 36.4 Å². The molecule has 2 aliphatic heterocycles. The lowest BCUT2D eigenvalue weighted by molar-refractivity contribution is -0.172. The third kappa shape index (κ3) is 3.51. The molecule has 0 aliphatic carbocycles. The van der Waals surface area contributed by atoms with Crippen LogP contribution in [-0.2, 0) is 16.1 Å². The van der Waals surface area contributed by atoms with Crippen molar-refractivity contribution >= 4 is 11.8 Å². The molecule has 0 N–H and O–H groups in total. The molecular formula is C24H23N3O4. The summed E-state index contributed by atoms with van der Waals surface area (Å²) in [5, 5.41) is 0. The molecule has 1 aromatic carbocycles. The number of aromatic nitrogens is 1. The van der Waals surface area contributed by atoms with Crippen molar-refractivity contribution in [3.63, 3.8) is 0 Å². The third-order valence-electron chi connectivity index (χ3n) is 6.08. The van der Waals surface area contributed by atoms with Gasteiger partial charge in [-0.15, -0.1) is 0 Å². The average Bonchev–Trinajstić information content (AvgIpc) is 3.47. The maximum atomic E-state index is 13.8. The first-order valence-electron chi connectivity index (χ1n) is 10.4. The van der Waals surface area contributed by atoms with Gasteiger partial charge in [-0.2, -0.15) is 0 Å². The van der Waals surface area contributed by atoms with E-state index in [1.54, 1.807) is 29.4 Å². The van der Waals surface area contributed by atoms with Gasteiger partial charge in [-0.3, -0.25) is 14.6 Å². The number of rotatable bonds is 4. The average molecular weight is 417 g/mol. The summed E-state index contributed by atoms with van der Waals surface area (Å²) in [5.41, 5.74) is 0.803. The number of hydrogen-bond donors (Lipinski definition) is 0. The summed E-state index contributed by atoms with van der Waals surface area (Å²) in [5.74, 6) is -0.392. The standard InChI is InChI=1S/C24H23N3O4/c28-22(21-9-5-12-30-21)27-16-20(19-8-4-10-25-14-19)24(17-27)23(29)26(11-13-31-24)15-18-6-2-1-3-7-18/h1-10,12,14,20H,11,13,15-17H2/t20-,24+/m0/s1. The van der Waals surface area contributed by atoms with Crippen LogP contribution < -0.4 is 0 Å². The van der Waals surface area contributed by atoms with Crippen LogP contribution in [0.15, 0.2) is 77.7 Å². The summed E-state index contributed by atoms with van der Waals surface area (Å²) in [4.78, 5) is 34.6. The predicted molar refractivity (Wildman–Crippen MR) is 112 cm³/mol. The van der Waals surface area contributed by atoms with E-state index in [2.05, 4.69) is 4.98 Å². The number of carbonyl (C=O) groups is 2. The molecule has 7 heteroatoms. The van der Waals surface area contributed by atoms with Crippen molar-refractivity contribution in [2.75, 3.05) is 26.2 Å². The number of furan rings is 1. The van der Waals surface area contributed by atoms with E-state index in [1.807, 2.05) is 47.4 Å². The molecule has 2 atom stereocenters. The maximum Gasteiger partial charge on any atom is 0.289 e. The van der Waals surface area contributed by atoms with Crippen LogP contribution in [0.3, 0.4) is 0 Å². The molecule has 2 fully saturated rings. The van der Waals surface area contributed by atoms with Gasteiger partial charge in [0.2, 0.25) is 0 Å². The van der Waals surface area contributed by atoms with E-state index in [4.69, 9.17) is 9.15 Å². The number of carbonyl (C=O) groups excluding carboxylic acids is 2. The first kappa shape index (κ1) is 19.5. The zero-order valence-corrected chi connectivity index (χ0v) is 17.0. The van der Waals surface area contributed by atoms with Crippen LogP contribution in [0.4, 0.5) is 0 Å². The van der Waals surface area contributed by atoms with Crippen LogP contribution in [0.2, 0.25) is 0 Å². The molecule has 3 aromatic rings. The topological polar surface area (TPSA) is 75.9 Å². The Kier molecular flexibility index (Phi) is 5.03. The van der Waals surface area contributed by atoms with Crippen LogP contribution in [0, 0.1) is 0 Å². The Bertz CT molecular complexity index is 1050. The lowest BCUT2D eigenvalue weighted by Gasteiger charge is -2.42. The molecule has 2 amide bonds. The number of morpholine rings is 1. The van der Waals surface area contributed by atoms with Crippen molar-refractivity contribution in [2.45, 2.75) is 18.1 Å². The predicted octanol–water partition coefficient (Wildman–Crippen LogP) is 2.71. The number of amides is 2. The van der Waals surface area contributed by atoms with Crippen molar-refractivity contribution in [3.05, 3.63) is 90.1 Å². The fraction of sp³-hybridized carbons (Fsp3) is 0.292. The van der Waals surface area contributed by atoms with E-state index in [0.29, 0.717) is 26.2 Å². The summed E-state index contributed by atoms with van der Waals surface area (Å²) in [6.45, 7) is 1.97. The van der Waals surface area contributed by atoms with Gasteiger partial charge in [-0.25, -0.2) is 0 Å². The Labute approximate surface area is 180 Å². The zero-order valence-electron chi connectivity index (χ0n) is 17.0. The van der Waals surface area contributed by atoms with E-state index in [1.165, 1.54) is 6.26 Å². The molecule has 1 spiro atoms. The minimum Gasteiger partial charge on any atom is -0.459 e. The van der Waals surface area contributed by atoms with Gasteiger partial charge < -0.3 is 19.0 Å². The van der Waals surface area contributed by atoms with Crippen LogP contribution in [0.1, 0.15) is 27.6 Å². The van der Waals surface area contributed by atoms with Crippen LogP contribution in [0.5, 0.6) is 0 Å². The van der Waals surface area contributed by atoms with Crippen LogP contribution >= 0.6 is 0 Å². The van der Waals surface area contributed by atoms with Crippen LogP contribution in [0.25, 0.3) is 0 Å². The summed E-state index contributed by atoms with van der Waals surface area (Å²) < 4.78 is 11.5. The minimum atomic E-state index is -1.14. The number of likely N-dealkylation sites (tertiary alicyclic amines) is 1. The molecule has 7 nitrogen and oxygen atoms in total. The molecule has 2 aliphatic rings. The quantitative estimate of drug-likeness (QED) is 0.653. The highest BCUT2D eigenvalue weighted by Crippen LogP contribution is 2.42. The normalized spacial score (nSPS) is 23.5. The van der Waals surface area contributed by atoms with Crippen LogP contribution in [-0.4, -0.2) is 58.4 Å². The number of hydrogen-bond acceptors (Lipinski definition) is 5. The number of nitrogens with zero attached hydrogens (tertiary/aromatic N) is 3. The molecule has 158 valence electrons. The Morgan fingerprint density at radius 1 is 1.13 bits per heavy atom. The van der Waals surface area contributed by atoms with Crippen molar-refractivity contribution in [2.24, 2.45) is 0 Å². The molecule has 0 unspecified atom stereocenters. The zero-order chi connectivity index (χ0) is 21.3. The fourth-order valence-electron chi connectivity index (χ4n) is 4.58. The first-order valence-corrected chi connectivity index (χ1v) is 10.4. The van der Waals surface area contributed by atoms with Gasteiger partial charge in [-0.05, 0) is 29.3 Å². The van der Waals surface area contributed by atoms with E-state index in [9.17, 15) is 9.59 Å². The summed E-state index contributed by atoms with van der Waals surface area (Å²) in [7, 11) is 0. The first-order chi connectivity index (χ1) is 15.2. The van der Waals surface area contributed by atoms with Crippen molar-refractivity contribution in [1.29, 1.82) is 0 Å². The Morgan fingerprint density at radius 3 is 2.74 bits per heavy atom. The van der Waals surface area contributed by atoms with Gasteiger partial charge in [0.05, 0.1) is 19.4 Å². The highest BCUT2D eigenvalue weighted by molar-refractivity contribution is 5.94. The van der Waals surface area contributed by atoms with E-state index < -0.39 is 5.60 Å². The van der Waals surface area contributed by atoms with Crippen molar-refractivity contribution in [1.82, 2.24) is 14.8 Å². The third-order valence-corrected chi connectivity index (χ3v) is 6.08. The smallest absolute Gasteiger partial charge is 0.289 e. The highest BCUT2D eigenvalue weighted by atomic mass is 16.5. The molecular weight excluding hydrogens is 394 g/mol. The van der Waals surface area contributed by atoms with Crippen molar-refractivity contribution < 1.29 is 18.7 Å². The largest absolute Gasteiger partial charge is 0.459 e. The molecule has 0 bridgehead atoms. The van der Waals surface area contributed by atoms with Crippen molar-refractivity contribution in [3.8, 4) is 0 Å². The summed E-state index contributed by atoms with van der Waals surface area (Å²) in [6.07, 6.45) is 4.92. The number of ether oxygens (including phenoxy) is 1. The van der Waals surface area contributed by atoms with Gasteiger partial charge in [0.1, 0.15) is 0 Å². The number of pyridine rings is 1. The van der Waals surface area contributed by atoms with E-state index in [0.717, 1.165) is 11.1 Å². The van der Waals surface area contributed by atoms with Gasteiger partial charge in [0.25, 0.3) is 11.8 Å². The molecule has 5 rings (SSSR count). The molecule has 2 saturated heterocycles. The van der Waals surface area contributed by atoms with Gasteiger partial charge in [0.15, 0.2) is 11.4 Å². The highest BCUT2D eigenvalue weighted by Gasteiger charge is 2.58. The molecule has 4 heterocycles. The van der Waals surface area contributed by atoms with E-state index >= 15 is 0 Å². The Morgan fingerprint density at radius 2 is 2.00 bits per heavy atom. The second kappa shape index (κ2) is 8.00. The molecule has 0 radical (unpaired) electrons. The lowest BCUT2D eigenvalue weighted by atomic mass is 9.83. The minimum absolute atomic E-state index is 0.0915. The molecule has 31 heavy (non-hydrogen) atoms. The van der Waals surface area contributed by atoms with Gasteiger partial charge >= 0.3 is 0 Å².